The summed E-state index contributed by atoms with van der Waals surface area (Å²) in [7, 11) is -3.15. The molecule has 0 radical (unpaired) electrons. The summed E-state index contributed by atoms with van der Waals surface area (Å²) in [6.07, 6.45) is 1.20. The number of anilines is 1. The first-order valence-corrected chi connectivity index (χ1v) is 10.3. The van der Waals surface area contributed by atoms with Crippen LogP contribution in [0.1, 0.15) is 17.5 Å². The van der Waals surface area contributed by atoms with E-state index in [2.05, 4.69) is 5.32 Å². The van der Waals surface area contributed by atoms with Crippen LogP contribution in [-0.4, -0.2) is 32.4 Å². The third kappa shape index (κ3) is 6.85. The summed E-state index contributed by atoms with van der Waals surface area (Å²) in [4.78, 5) is 12.1. The zero-order chi connectivity index (χ0) is 19.2. The molecule has 0 aromatic heterocycles. The van der Waals surface area contributed by atoms with E-state index in [1.54, 1.807) is 24.3 Å². The molecule has 3 N–H and O–H groups in total. The van der Waals surface area contributed by atoms with Crippen molar-refractivity contribution in [2.75, 3.05) is 17.3 Å². The number of carbonyl (C=O) groups is 1. The van der Waals surface area contributed by atoms with Gasteiger partial charge in [-0.1, -0.05) is 35.9 Å². The van der Waals surface area contributed by atoms with E-state index in [1.165, 1.54) is 0 Å². The molecule has 0 aliphatic carbocycles. The molecule has 1 unspecified atom stereocenters. The minimum absolute atomic E-state index is 0.0776. The summed E-state index contributed by atoms with van der Waals surface area (Å²) >= 11 is 0. The topological polar surface area (TPSA) is 98.5 Å². The number of carbonyl (C=O) groups excluding carboxylic acids is 1. The van der Waals surface area contributed by atoms with Crippen LogP contribution in [-0.2, 0) is 21.2 Å². The summed E-state index contributed by atoms with van der Waals surface area (Å²) in [5.41, 5.74) is 8.52. The van der Waals surface area contributed by atoms with Gasteiger partial charge in [0.2, 0.25) is 5.91 Å². The number of hydrogen-bond acceptors (Lipinski definition) is 5. The Hall–Kier alpha value is -2.38. The minimum atomic E-state index is -3.15. The Morgan fingerprint density at radius 2 is 1.92 bits per heavy atom. The highest BCUT2D eigenvalue weighted by Crippen LogP contribution is 2.19. The molecule has 26 heavy (non-hydrogen) atoms. The van der Waals surface area contributed by atoms with E-state index in [1.807, 2.05) is 31.2 Å². The van der Waals surface area contributed by atoms with Crippen LogP contribution in [0, 0.1) is 6.92 Å². The average molecular weight is 376 g/mol. The van der Waals surface area contributed by atoms with Gasteiger partial charge in [0.15, 0.2) is 0 Å². The highest BCUT2D eigenvalue weighted by atomic mass is 32.2. The molecule has 2 rings (SSSR count). The molecular formula is C19H24N2O4S. The molecule has 6 nitrogen and oxygen atoms in total. The molecule has 2 aromatic carbocycles. The van der Waals surface area contributed by atoms with Crippen LogP contribution in [0.2, 0.25) is 0 Å². The molecule has 0 aliphatic heterocycles. The Labute approximate surface area is 154 Å². The van der Waals surface area contributed by atoms with Crippen molar-refractivity contribution in [2.45, 2.75) is 26.0 Å². The fraction of sp³-hybridized carbons (Fsp3) is 0.316. The Morgan fingerprint density at radius 1 is 1.19 bits per heavy atom. The zero-order valence-corrected chi connectivity index (χ0v) is 15.8. The minimum Gasteiger partial charge on any atom is -0.489 e. The lowest BCUT2D eigenvalue weighted by Crippen LogP contribution is -2.37. The molecule has 1 atom stereocenters. The maximum atomic E-state index is 12.1. The summed E-state index contributed by atoms with van der Waals surface area (Å²) in [6.45, 7) is 2.44. The lowest BCUT2D eigenvalue weighted by atomic mass is 10.1. The average Bonchev–Trinajstić information content (AvgIpc) is 2.57. The summed E-state index contributed by atoms with van der Waals surface area (Å²) in [5.74, 6) is 0.0693. The molecule has 2 aromatic rings. The predicted octanol–water partition coefficient (Wildman–Crippen LogP) is 2.27. The number of nitrogens with one attached hydrogen (secondary N) is 1. The van der Waals surface area contributed by atoms with Crippen LogP contribution in [0.4, 0.5) is 5.69 Å². The number of sulfone groups is 1. The largest absolute Gasteiger partial charge is 0.489 e. The molecule has 1 amide bonds. The molecule has 0 saturated carbocycles. The van der Waals surface area contributed by atoms with E-state index in [0.717, 1.165) is 17.4 Å². The lowest BCUT2D eigenvalue weighted by molar-refractivity contribution is -0.117. The quantitative estimate of drug-likeness (QED) is 0.736. The lowest BCUT2D eigenvalue weighted by Gasteiger charge is -2.13. The van der Waals surface area contributed by atoms with Gasteiger partial charge in [-0.2, -0.15) is 0 Å². The third-order valence-corrected chi connectivity index (χ3v) is 4.70. The Balaban J connectivity index is 1.92. The fourth-order valence-corrected chi connectivity index (χ4v) is 3.02. The number of hydrogen-bond donors (Lipinski definition) is 2. The summed E-state index contributed by atoms with van der Waals surface area (Å²) < 4.78 is 28.1. The van der Waals surface area contributed by atoms with Crippen LogP contribution in [0.15, 0.2) is 48.5 Å². The number of ether oxygens (including phenoxy) is 1. The standard InChI is InChI=1S/C19H24N2O4S/c1-14-5-3-6-15(11-14)13-25-17-8-4-7-16(12-17)21-19(22)18(20)9-10-26(2,23)24/h3-8,11-12,18H,9-10,13,20H2,1-2H3,(H,21,22). The van der Waals surface area contributed by atoms with Crippen molar-refractivity contribution in [1.29, 1.82) is 0 Å². The van der Waals surface area contributed by atoms with Crippen LogP contribution in [0.5, 0.6) is 5.75 Å². The summed E-state index contributed by atoms with van der Waals surface area (Å²) in [5, 5.41) is 2.69. The highest BCUT2D eigenvalue weighted by Gasteiger charge is 2.16. The maximum Gasteiger partial charge on any atom is 0.241 e. The van der Waals surface area contributed by atoms with Crippen molar-refractivity contribution in [3.63, 3.8) is 0 Å². The van der Waals surface area contributed by atoms with Crippen LogP contribution >= 0.6 is 0 Å². The molecule has 0 fully saturated rings. The highest BCUT2D eigenvalue weighted by molar-refractivity contribution is 7.90. The van der Waals surface area contributed by atoms with Crippen molar-refractivity contribution < 1.29 is 17.9 Å². The SMILES string of the molecule is Cc1cccc(COc2cccc(NC(=O)C(N)CCS(C)(=O)=O)c2)c1. The van der Waals surface area contributed by atoms with Crippen molar-refractivity contribution in [1.82, 2.24) is 0 Å². The van der Waals surface area contributed by atoms with E-state index in [4.69, 9.17) is 10.5 Å². The normalized spacial score (nSPS) is 12.4. The van der Waals surface area contributed by atoms with E-state index < -0.39 is 21.8 Å². The second-order valence-electron chi connectivity index (χ2n) is 6.32. The van der Waals surface area contributed by atoms with Gasteiger partial charge in [0.25, 0.3) is 0 Å². The third-order valence-electron chi connectivity index (χ3n) is 3.73. The van der Waals surface area contributed by atoms with E-state index in [9.17, 15) is 13.2 Å². The molecule has 7 heteroatoms. The van der Waals surface area contributed by atoms with E-state index in [0.29, 0.717) is 18.0 Å². The Morgan fingerprint density at radius 3 is 2.62 bits per heavy atom. The number of amides is 1. The number of aryl methyl sites for hydroxylation is 1. The van der Waals surface area contributed by atoms with Gasteiger partial charge in [-0.05, 0) is 31.0 Å². The number of benzene rings is 2. The van der Waals surface area contributed by atoms with Crippen molar-refractivity contribution in [3.05, 3.63) is 59.7 Å². The van der Waals surface area contributed by atoms with Crippen molar-refractivity contribution in [2.24, 2.45) is 5.73 Å². The first-order valence-electron chi connectivity index (χ1n) is 8.25. The van der Waals surface area contributed by atoms with Gasteiger partial charge >= 0.3 is 0 Å². The van der Waals surface area contributed by atoms with Gasteiger partial charge in [-0.3, -0.25) is 4.79 Å². The van der Waals surface area contributed by atoms with Gasteiger partial charge in [-0.15, -0.1) is 0 Å². The smallest absolute Gasteiger partial charge is 0.241 e. The van der Waals surface area contributed by atoms with E-state index >= 15 is 0 Å². The van der Waals surface area contributed by atoms with Crippen LogP contribution < -0.4 is 15.8 Å². The molecule has 0 saturated heterocycles. The molecule has 0 heterocycles. The first-order chi connectivity index (χ1) is 12.2. The monoisotopic (exact) mass is 376 g/mol. The maximum absolute atomic E-state index is 12.1. The Bertz CT molecular complexity index is 865. The molecular weight excluding hydrogens is 352 g/mol. The second-order valence-corrected chi connectivity index (χ2v) is 8.58. The fourth-order valence-electron chi connectivity index (χ4n) is 2.34. The van der Waals surface area contributed by atoms with Gasteiger partial charge < -0.3 is 15.8 Å². The van der Waals surface area contributed by atoms with E-state index in [-0.39, 0.29) is 12.2 Å². The molecule has 0 spiro atoms. The number of rotatable bonds is 8. The Kier molecular flexibility index (Phi) is 6.76. The predicted molar refractivity (Wildman–Crippen MR) is 103 cm³/mol. The van der Waals surface area contributed by atoms with Gasteiger partial charge in [0, 0.05) is 18.0 Å². The summed E-state index contributed by atoms with van der Waals surface area (Å²) in [6, 6.07) is 14.1. The van der Waals surface area contributed by atoms with Gasteiger partial charge in [0.05, 0.1) is 11.8 Å². The van der Waals surface area contributed by atoms with Gasteiger partial charge in [0.1, 0.15) is 22.2 Å². The van der Waals surface area contributed by atoms with Gasteiger partial charge in [-0.25, -0.2) is 8.42 Å². The number of nitrogens with two attached hydrogens (primary N) is 1. The molecule has 0 aliphatic rings. The molecule has 0 bridgehead atoms. The van der Waals surface area contributed by atoms with Crippen molar-refractivity contribution in [3.8, 4) is 5.75 Å². The first kappa shape index (κ1) is 19.9. The molecule has 140 valence electrons. The second kappa shape index (κ2) is 8.82. The van der Waals surface area contributed by atoms with Crippen molar-refractivity contribution >= 4 is 21.4 Å². The van der Waals surface area contributed by atoms with Crippen LogP contribution in [0.25, 0.3) is 0 Å². The zero-order valence-electron chi connectivity index (χ0n) is 14.9. The van der Waals surface area contributed by atoms with Crippen LogP contribution in [0.3, 0.4) is 0 Å².